The number of amides is 2. The normalized spacial score (nSPS) is 16.6. The van der Waals surface area contributed by atoms with Crippen molar-refractivity contribution in [2.45, 2.75) is 33.2 Å². The van der Waals surface area contributed by atoms with Crippen molar-refractivity contribution in [2.24, 2.45) is 5.92 Å². The van der Waals surface area contributed by atoms with E-state index in [1.807, 2.05) is 20.8 Å². The number of nitrogens with one attached hydrogen (secondary N) is 2. The van der Waals surface area contributed by atoms with Crippen LogP contribution in [0.4, 0.5) is 5.69 Å². The van der Waals surface area contributed by atoms with Crippen molar-refractivity contribution >= 4 is 23.5 Å². The topological polar surface area (TPSA) is 106 Å². The van der Waals surface area contributed by atoms with Crippen LogP contribution in [0.15, 0.2) is 24.3 Å². The Morgan fingerprint density at radius 1 is 1.23 bits per heavy atom. The van der Waals surface area contributed by atoms with Gasteiger partial charge in [-0.3, -0.25) is 19.3 Å². The molecule has 1 heterocycles. The van der Waals surface area contributed by atoms with E-state index in [1.54, 1.807) is 29.2 Å². The summed E-state index contributed by atoms with van der Waals surface area (Å²) in [5.74, 6) is -0.0756. The van der Waals surface area contributed by atoms with Crippen molar-refractivity contribution in [3.8, 4) is 5.75 Å². The van der Waals surface area contributed by atoms with Crippen molar-refractivity contribution in [1.82, 2.24) is 10.2 Å². The first-order valence-electron chi connectivity index (χ1n) is 10.7. The second kappa shape index (κ2) is 12.9. The van der Waals surface area contributed by atoms with Crippen LogP contribution in [0.3, 0.4) is 0 Å². The van der Waals surface area contributed by atoms with Gasteiger partial charge in [-0.2, -0.15) is 0 Å². The van der Waals surface area contributed by atoms with Crippen LogP contribution in [0.25, 0.3) is 0 Å². The molecule has 0 bridgehead atoms. The third-order valence-corrected chi connectivity index (χ3v) is 4.56. The summed E-state index contributed by atoms with van der Waals surface area (Å²) in [4.78, 5) is 38.6. The average molecular weight is 436 g/mol. The molecule has 1 aromatic rings. The van der Waals surface area contributed by atoms with Crippen molar-refractivity contribution in [3.63, 3.8) is 0 Å². The molecule has 0 saturated carbocycles. The van der Waals surface area contributed by atoms with Gasteiger partial charge in [-0.05, 0) is 37.1 Å². The lowest BCUT2D eigenvalue weighted by atomic mass is 10.1. The Balaban J connectivity index is 1.85. The highest BCUT2D eigenvalue weighted by atomic mass is 16.5. The maximum atomic E-state index is 12.5. The fourth-order valence-electron chi connectivity index (χ4n) is 3.03. The molecule has 0 spiro atoms. The summed E-state index contributed by atoms with van der Waals surface area (Å²) in [6.07, 6.45) is -0.0837. The maximum Gasteiger partial charge on any atom is 0.307 e. The predicted molar refractivity (Wildman–Crippen MR) is 116 cm³/mol. The number of benzene rings is 1. The van der Waals surface area contributed by atoms with Gasteiger partial charge in [-0.15, -0.1) is 0 Å². The lowest BCUT2D eigenvalue weighted by molar-refractivity contribution is -0.149. The van der Waals surface area contributed by atoms with Gasteiger partial charge in [0.1, 0.15) is 18.4 Å². The van der Waals surface area contributed by atoms with Crippen molar-refractivity contribution in [2.75, 3.05) is 51.4 Å². The minimum Gasteiger partial charge on any atom is -0.491 e. The fourth-order valence-corrected chi connectivity index (χ4v) is 3.03. The summed E-state index contributed by atoms with van der Waals surface area (Å²) >= 11 is 0. The number of rotatable bonds is 12. The van der Waals surface area contributed by atoms with E-state index in [2.05, 4.69) is 10.6 Å². The standard InChI is InChI=1S/C22H33N3O6/c1-4-29-11-12-30-18-7-5-17(6-8-18)24-20(26)14-25-10-9-23-22(28)19(25)13-21(27)31-15-16(2)3/h5-8,16,19H,4,9-15H2,1-3H3,(H,23,28)(H,24,26). The van der Waals surface area contributed by atoms with Gasteiger partial charge < -0.3 is 24.8 Å². The predicted octanol–water partition coefficient (Wildman–Crippen LogP) is 1.43. The van der Waals surface area contributed by atoms with E-state index in [0.29, 0.717) is 51.0 Å². The van der Waals surface area contributed by atoms with E-state index in [-0.39, 0.29) is 30.7 Å². The van der Waals surface area contributed by atoms with Crippen LogP contribution in [-0.4, -0.2) is 74.8 Å². The van der Waals surface area contributed by atoms with Gasteiger partial charge in [-0.1, -0.05) is 13.8 Å². The van der Waals surface area contributed by atoms with Gasteiger partial charge in [0.15, 0.2) is 0 Å². The molecule has 172 valence electrons. The van der Waals surface area contributed by atoms with E-state index in [4.69, 9.17) is 14.2 Å². The molecule has 9 heteroatoms. The number of carbonyl (C=O) groups is 3. The quantitative estimate of drug-likeness (QED) is 0.378. The van der Waals surface area contributed by atoms with E-state index >= 15 is 0 Å². The number of piperazine rings is 1. The number of anilines is 1. The number of esters is 1. The number of hydrogen-bond donors (Lipinski definition) is 2. The molecule has 1 aliphatic heterocycles. The Morgan fingerprint density at radius 2 is 1.97 bits per heavy atom. The average Bonchev–Trinajstić information content (AvgIpc) is 2.73. The molecule has 31 heavy (non-hydrogen) atoms. The first-order chi connectivity index (χ1) is 14.9. The van der Waals surface area contributed by atoms with Crippen molar-refractivity contribution < 1.29 is 28.6 Å². The summed E-state index contributed by atoms with van der Waals surface area (Å²) in [6, 6.07) is 6.31. The Hall–Kier alpha value is -2.65. The minimum atomic E-state index is -0.722. The van der Waals surface area contributed by atoms with Gasteiger partial charge in [0.2, 0.25) is 11.8 Å². The van der Waals surface area contributed by atoms with Gasteiger partial charge in [0.05, 0.1) is 26.2 Å². The summed E-state index contributed by atoms with van der Waals surface area (Å²) in [7, 11) is 0. The first-order valence-corrected chi connectivity index (χ1v) is 10.7. The van der Waals surface area contributed by atoms with Crippen molar-refractivity contribution in [3.05, 3.63) is 24.3 Å². The molecule has 1 unspecified atom stereocenters. The molecular formula is C22H33N3O6. The Bertz CT molecular complexity index is 722. The number of carbonyl (C=O) groups excluding carboxylic acids is 3. The second-order valence-corrected chi connectivity index (χ2v) is 7.68. The SMILES string of the molecule is CCOCCOc1ccc(NC(=O)CN2CCNC(=O)C2CC(=O)OCC(C)C)cc1. The lowest BCUT2D eigenvalue weighted by Crippen LogP contribution is -2.57. The monoisotopic (exact) mass is 435 g/mol. The molecule has 0 aromatic heterocycles. The first kappa shape index (κ1) is 24.6. The molecule has 1 atom stereocenters. The molecule has 0 radical (unpaired) electrons. The Kier molecular flexibility index (Phi) is 10.3. The Morgan fingerprint density at radius 3 is 2.65 bits per heavy atom. The summed E-state index contributed by atoms with van der Waals surface area (Å²) in [5, 5.41) is 5.56. The van der Waals surface area contributed by atoms with Crippen molar-refractivity contribution in [1.29, 1.82) is 0 Å². The van der Waals surface area contributed by atoms with Crippen LogP contribution < -0.4 is 15.4 Å². The minimum absolute atomic E-state index is 0.00214. The number of hydrogen-bond acceptors (Lipinski definition) is 7. The molecule has 1 aliphatic rings. The Labute approximate surface area is 183 Å². The maximum absolute atomic E-state index is 12.5. The fraction of sp³-hybridized carbons (Fsp3) is 0.591. The van der Waals surface area contributed by atoms with E-state index in [0.717, 1.165) is 0 Å². The van der Waals surface area contributed by atoms with E-state index < -0.39 is 12.0 Å². The van der Waals surface area contributed by atoms with Gasteiger partial charge in [0, 0.05) is 25.4 Å². The second-order valence-electron chi connectivity index (χ2n) is 7.68. The largest absolute Gasteiger partial charge is 0.491 e. The van der Waals surface area contributed by atoms with Gasteiger partial charge in [0.25, 0.3) is 0 Å². The molecule has 2 rings (SSSR count). The van der Waals surface area contributed by atoms with Gasteiger partial charge in [-0.25, -0.2) is 0 Å². The molecular weight excluding hydrogens is 402 g/mol. The third kappa shape index (κ3) is 8.94. The zero-order valence-electron chi connectivity index (χ0n) is 18.5. The summed E-state index contributed by atoms with van der Waals surface area (Å²) in [6.45, 7) is 8.64. The highest BCUT2D eigenvalue weighted by Crippen LogP contribution is 2.16. The zero-order valence-corrected chi connectivity index (χ0v) is 18.5. The lowest BCUT2D eigenvalue weighted by Gasteiger charge is -2.33. The number of ether oxygens (including phenoxy) is 3. The molecule has 9 nitrogen and oxygen atoms in total. The van der Waals surface area contributed by atoms with Crippen LogP contribution in [0.5, 0.6) is 5.75 Å². The highest BCUT2D eigenvalue weighted by molar-refractivity contribution is 5.93. The molecule has 1 saturated heterocycles. The van der Waals surface area contributed by atoms with E-state index in [9.17, 15) is 14.4 Å². The van der Waals surface area contributed by atoms with Crippen LogP contribution in [0.1, 0.15) is 27.2 Å². The molecule has 1 fully saturated rings. The molecule has 2 amide bonds. The summed E-state index contributed by atoms with van der Waals surface area (Å²) in [5.41, 5.74) is 0.622. The van der Waals surface area contributed by atoms with Crippen LogP contribution in [0, 0.1) is 5.92 Å². The summed E-state index contributed by atoms with van der Waals surface area (Å²) < 4.78 is 16.0. The highest BCUT2D eigenvalue weighted by Gasteiger charge is 2.33. The number of nitrogens with zero attached hydrogens (tertiary/aromatic N) is 1. The van der Waals surface area contributed by atoms with Crippen LogP contribution >= 0.6 is 0 Å². The molecule has 0 aliphatic carbocycles. The smallest absolute Gasteiger partial charge is 0.307 e. The molecule has 2 N–H and O–H groups in total. The molecule has 1 aromatic carbocycles. The van der Waals surface area contributed by atoms with Gasteiger partial charge >= 0.3 is 5.97 Å². The van der Waals surface area contributed by atoms with Crippen LogP contribution in [0.2, 0.25) is 0 Å². The van der Waals surface area contributed by atoms with E-state index in [1.165, 1.54) is 0 Å². The third-order valence-electron chi connectivity index (χ3n) is 4.56. The van der Waals surface area contributed by atoms with Crippen LogP contribution in [-0.2, 0) is 23.9 Å². The zero-order chi connectivity index (χ0) is 22.6.